The molecule has 3 aromatic rings. The van der Waals surface area contributed by atoms with Crippen molar-refractivity contribution >= 4 is 17.4 Å². The molecular weight excluding hydrogens is 330 g/mol. The summed E-state index contributed by atoms with van der Waals surface area (Å²) in [6.45, 7) is 4.73. The molecular formula is C19H19N5S. The van der Waals surface area contributed by atoms with E-state index < -0.39 is 0 Å². The molecule has 0 saturated carbocycles. The van der Waals surface area contributed by atoms with E-state index in [1.54, 1.807) is 0 Å². The zero-order valence-electron chi connectivity index (χ0n) is 14.2. The van der Waals surface area contributed by atoms with Gasteiger partial charge in [-0.05, 0) is 37.1 Å². The van der Waals surface area contributed by atoms with Crippen LogP contribution < -0.4 is 5.32 Å². The minimum atomic E-state index is 0.343. The Morgan fingerprint density at radius 2 is 1.76 bits per heavy atom. The fourth-order valence-corrected chi connectivity index (χ4v) is 3.33. The quantitative estimate of drug-likeness (QED) is 0.678. The number of hydrogen-bond acceptors (Lipinski definition) is 5. The standard InChI is InChI=1S/C19H19N5S/c1-14-7-6-8-15(2)18(14)21-13-17-22-23-19(25-12-11-20)24(17)16-9-4-3-5-10-16/h3-10,21H,12-13H2,1-2H3. The predicted octanol–water partition coefficient (Wildman–Crippen LogP) is 4.11. The lowest BCUT2D eigenvalue weighted by molar-refractivity contribution is 0.841. The zero-order chi connectivity index (χ0) is 17.6. The Morgan fingerprint density at radius 1 is 1.04 bits per heavy atom. The molecule has 0 spiro atoms. The molecule has 0 amide bonds. The monoisotopic (exact) mass is 349 g/mol. The summed E-state index contributed by atoms with van der Waals surface area (Å²) < 4.78 is 2.00. The van der Waals surface area contributed by atoms with Crippen molar-refractivity contribution in [2.45, 2.75) is 25.5 Å². The second-order valence-corrected chi connectivity index (χ2v) is 6.58. The van der Waals surface area contributed by atoms with Gasteiger partial charge in [-0.25, -0.2) is 0 Å². The van der Waals surface area contributed by atoms with Crippen LogP contribution in [0.15, 0.2) is 53.7 Å². The summed E-state index contributed by atoms with van der Waals surface area (Å²) >= 11 is 1.39. The molecule has 0 aliphatic heterocycles. The maximum Gasteiger partial charge on any atom is 0.196 e. The Hall–Kier alpha value is -2.78. The van der Waals surface area contributed by atoms with E-state index in [1.807, 2.05) is 34.9 Å². The molecule has 0 bridgehead atoms. The Kier molecular flexibility index (Phi) is 5.36. The molecule has 2 aromatic carbocycles. The molecule has 3 rings (SSSR count). The van der Waals surface area contributed by atoms with Gasteiger partial charge in [-0.15, -0.1) is 10.2 Å². The number of para-hydroxylation sites is 2. The van der Waals surface area contributed by atoms with Crippen LogP contribution in [-0.4, -0.2) is 20.5 Å². The van der Waals surface area contributed by atoms with Crippen LogP contribution >= 0.6 is 11.8 Å². The summed E-state index contributed by atoms with van der Waals surface area (Å²) in [7, 11) is 0. The highest BCUT2D eigenvalue weighted by Crippen LogP contribution is 2.24. The van der Waals surface area contributed by atoms with E-state index in [0.717, 1.165) is 22.4 Å². The first-order valence-electron chi connectivity index (χ1n) is 8.00. The third-order valence-electron chi connectivity index (χ3n) is 3.88. The summed E-state index contributed by atoms with van der Waals surface area (Å²) in [5.74, 6) is 1.16. The van der Waals surface area contributed by atoms with Gasteiger partial charge in [0.25, 0.3) is 0 Å². The average Bonchev–Trinajstić information content (AvgIpc) is 3.03. The molecule has 1 N–H and O–H groups in total. The second kappa shape index (κ2) is 7.86. The highest BCUT2D eigenvalue weighted by molar-refractivity contribution is 7.99. The van der Waals surface area contributed by atoms with Crippen molar-refractivity contribution in [3.05, 3.63) is 65.5 Å². The lowest BCUT2D eigenvalue weighted by Gasteiger charge is -2.14. The fourth-order valence-electron chi connectivity index (χ4n) is 2.70. The van der Waals surface area contributed by atoms with Crippen LogP contribution in [-0.2, 0) is 6.54 Å². The third-order valence-corrected chi connectivity index (χ3v) is 4.68. The highest BCUT2D eigenvalue weighted by Gasteiger charge is 2.14. The minimum absolute atomic E-state index is 0.343. The molecule has 1 aromatic heterocycles. The largest absolute Gasteiger partial charge is 0.377 e. The van der Waals surface area contributed by atoms with Crippen molar-refractivity contribution in [3.8, 4) is 11.8 Å². The summed E-state index contributed by atoms with van der Waals surface area (Å²) in [6, 6.07) is 18.4. The molecule has 0 saturated heterocycles. The predicted molar refractivity (Wildman–Crippen MR) is 101 cm³/mol. The number of nitrogens with zero attached hydrogens (tertiary/aromatic N) is 4. The first kappa shape index (κ1) is 17.1. The molecule has 0 atom stereocenters. The van der Waals surface area contributed by atoms with Gasteiger partial charge in [0.2, 0.25) is 0 Å². The Bertz CT molecular complexity index is 876. The van der Waals surface area contributed by atoms with Crippen LogP contribution in [0, 0.1) is 25.2 Å². The molecule has 5 nitrogen and oxygen atoms in total. The van der Waals surface area contributed by atoms with Crippen LogP contribution in [0.5, 0.6) is 0 Å². The second-order valence-electron chi connectivity index (χ2n) is 5.64. The first-order chi connectivity index (χ1) is 12.2. The summed E-state index contributed by atoms with van der Waals surface area (Å²) in [5.41, 5.74) is 4.51. The molecule has 0 aliphatic rings. The number of nitrogens with one attached hydrogen (secondary N) is 1. The van der Waals surface area contributed by atoms with E-state index in [9.17, 15) is 0 Å². The first-order valence-corrected chi connectivity index (χ1v) is 8.99. The molecule has 0 radical (unpaired) electrons. The number of aromatic nitrogens is 3. The van der Waals surface area contributed by atoms with Gasteiger partial charge in [0.1, 0.15) is 0 Å². The number of aryl methyl sites for hydroxylation is 2. The van der Waals surface area contributed by atoms with Crippen LogP contribution in [0.25, 0.3) is 5.69 Å². The van der Waals surface area contributed by atoms with Crippen LogP contribution in [0.4, 0.5) is 5.69 Å². The van der Waals surface area contributed by atoms with Crippen molar-refractivity contribution in [1.82, 2.24) is 14.8 Å². The lowest BCUT2D eigenvalue weighted by atomic mass is 10.1. The maximum absolute atomic E-state index is 8.87. The number of hydrogen-bond donors (Lipinski definition) is 1. The van der Waals surface area contributed by atoms with E-state index >= 15 is 0 Å². The van der Waals surface area contributed by atoms with Gasteiger partial charge in [0.05, 0.1) is 18.4 Å². The minimum Gasteiger partial charge on any atom is -0.377 e. The van der Waals surface area contributed by atoms with Crippen LogP contribution in [0.3, 0.4) is 0 Å². The summed E-state index contributed by atoms with van der Waals surface area (Å²) in [5, 5.41) is 21.7. The van der Waals surface area contributed by atoms with Gasteiger partial charge in [-0.3, -0.25) is 4.57 Å². The average molecular weight is 349 g/mol. The molecule has 25 heavy (non-hydrogen) atoms. The molecule has 6 heteroatoms. The van der Waals surface area contributed by atoms with Crippen molar-refractivity contribution in [2.24, 2.45) is 0 Å². The number of nitriles is 1. The van der Waals surface area contributed by atoms with Crippen molar-refractivity contribution < 1.29 is 0 Å². The lowest BCUT2D eigenvalue weighted by Crippen LogP contribution is -2.09. The van der Waals surface area contributed by atoms with E-state index in [-0.39, 0.29) is 0 Å². The maximum atomic E-state index is 8.87. The van der Waals surface area contributed by atoms with Crippen molar-refractivity contribution in [1.29, 1.82) is 5.26 Å². The van der Waals surface area contributed by atoms with Crippen LogP contribution in [0.2, 0.25) is 0 Å². The molecule has 0 fully saturated rings. The van der Waals surface area contributed by atoms with E-state index in [1.165, 1.54) is 22.9 Å². The summed E-state index contributed by atoms with van der Waals surface area (Å²) in [6.07, 6.45) is 0. The highest BCUT2D eigenvalue weighted by atomic mass is 32.2. The SMILES string of the molecule is Cc1cccc(C)c1NCc1nnc(SCC#N)n1-c1ccccc1. The number of benzene rings is 2. The number of anilines is 1. The van der Waals surface area contributed by atoms with Crippen molar-refractivity contribution in [2.75, 3.05) is 11.1 Å². The van der Waals surface area contributed by atoms with Gasteiger partial charge < -0.3 is 5.32 Å². The fraction of sp³-hybridized carbons (Fsp3) is 0.211. The number of thioether (sulfide) groups is 1. The summed E-state index contributed by atoms with van der Waals surface area (Å²) in [4.78, 5) is 0. The van der Waals surface area contributed by atoms with Crippen molar-refractivity contribution in [3.63, 3.8) is 0 Å². The molecule has 126 valence electrons. The Balaban J connectivity index is 1.91. The third kappa shape index (κ3) is 3.83. The van der Waals surface area contributed by atoms with E-state index in [2.05, 4.69) is 53.6 Å². The van der Waals surface area contributed by atoms with Gasteiger partial charge in [-0.2, -0.15) is 5.26 Å². The van der Waals surface area contributed by atoms with Gasteiger partial charge >= 0.3 is 0 Å². The van der Waals surface area contributed by atoms with Gasteiger partial charge in [0, 0.05) is 11.4 Å². The topological polar surface area (TPSA) is 66.5 Å². The van der Waals surface area contributed by atoms with E-state index in [4.69, 9.17) is 5.26 Å². The Labute approximate surface area is 151 Å². The van der Waals surface area contributed by atoms with Gasteiger partial charge in [-0.1, -0.05) is 48.2 Å². The smallest absolute Gasteiger partial charge is 0.196 e. The molecule has 0 unspecified atom stereocenters. The molecule has 1 heterocycles. The Morgan fingerprint density at radius 3 is 2.44 bits per heavy atom. The normalized spacial score (nSPS) is 10.4. The van der Waals surface area contributed by atoms with Gasteiger partial charge in [0.15, 0.2) is 11.0 Å². The van der Waals surface area contributed by atoms with E-state index in [0.29, 0.717) is 12.3 Å². The number of rotatable bonds is 6. The zero-order valence-corrected chi connectivity index (χ0v) is 15.0. The molecule has 0 aliphatic carbocycles. The van der Waals surface area contributed by atoms with Crippen LogP contribution in [0.1, 0.15) is 17.0 Å².